The molecule has 3 aromatic rings. The van der Waals surface area contributed by atoms with E-state index in [-0.39, 0.29) is 11.9 Å². The Balaban J connectivity index is 1.40. The molecular weight excluding hydrogens is 369 g/mol. The molecule has 1 saturated heterocycles. The van der Waals surface area contributed by atoms with Crippen LogP contribution in [-0.2, 0) is 11.3 Å². The lowest BCUT2D eigenvalue weighted by Gasteiger charge is -2.33. The standard InChI is InChI=1S/C21H18F3N2O2/c22-21(23,24)14-5-7-15(8-6-14)28-16-9-11-26(12-10-16)20-13-19(27)17-3-1-2-4-18(17)25-20/h1-8,13,16H,9-12H2. The number of para-hydroxylation sites is 1. The highest BCUT2D eigenvalue weighted by atomic mass is 19.4. The Morgan fingerprint density at radius 2 is 1.68 bits per heavy atom. The molecular formula is C21H18F3N2O2. The van der Waals surface area contributed by atoms with Gasteiger partial charge in [-0.25, -0.2) is 4.98 Å². The highest BCUT2D eigenvalue weighted by Crippen LogP contribution is 2.32. The molecule has 1 radical (unpaired) electrons. The molecule has 1 aliphatic rings. The number of anilines is 1. The molecule has 0 spiro atoms. The summed E-state index contributed by atoms with van der Waals surface area (Å²) < 4.78 is 43.7. The Morgan fingerprint density at radius 3 is 2.36 bits per heavy atom. The number of piperidine rings is 1. The van der Waals surface area contributed by atoms with Gasteiger partial charge in [-0.3, -0.25) is 5.11 Å². The quantitative estimate of drug-likeness (QED) is 0.601. The summed E-state index contributed by atoms with van der Waals surface area (Å²) in [6.07, 6.45) is -3.04. The van der Waals surface area contributed by atoms with Gasteiger partial charge in [-0.2, -0.15) is 13.2 Å². The SMILES string of the molecule is [O]c1cc(N2CCC(Oc3ccc(C(F)(F)F)cc3)CC2)nc2ccccc12. The molecule has 4 rings (SSSR count). The lowest BCUT2D eigenvalue weighted by Crippen LogP contribution is -2.38. The maximum absolute atomic E-state index is 12.6. The second-order valence-corrected chi connectivity index (χ2v) is 6.82. The topological polar surface area (TPSA) is 45.3 Å². The number of nitrogens with zero attached hydrogens (tertiary/aromatic N) is 2. The summed E-state index contributed by atoms with van der Waals surface area (Å²) in [5, 5.41) is 12.9. The van der Waals surface area contributed by atoms with Crippen molar-refractivity contribution in [3.8, 4) is 11.5 Å². The molecule has 0 aliphatic carbocycles. The molecule has 1 aromatic heterocycles. The fourth-order valence-electron chi connectivity index (χ4n) is 3.41. The molecule has 0 atom stereocenters. The van der Waals surface area contributed by atoms with Gasteiger partial charge in [0.05, 0.1) is 11.1 Å². The van der Waals surface area contributed by atoms with Crippen LogP contribution in [0.4, 0.5) is 19.0 Å². The third-order valence-corrected chi connectivity index (χ3v) is 4.92. The summed E-state index contributed by atoms with van der Waals surface area (Å²) in [6.45, 7) is 1.33. The first-order valence-corrected chi connectivity index (χ1v) is 9.06. The Morgan fingerprint density at radius 1 is 1.00 bits per heavy atom. The van der Waals surface area contributed by atoms with Crippen LogP contribution < -0.4 is 9.64 Å². The van der Waals surface area contributed by atoms with Gasteiger partial charge in [-0.05, 0) is 36.4 Å². The average molecular weight is 387 g/mol. The molecule has 1 fully saturated rings. The zero-order chi connectivity index (χ0) is 19.7. The van der Waals surface area contributed by atoms with Gasteiger partial charge in [-0.1, -0.05) is 12.1 Å². The van der Waals surface area contributed by atoms with E-state index in [2.05, 4.69) is 4.98 Å². The molecule has 145 valence electrons. The monoisotopic (exact) mass is 387 g/mol. The molecule has 0 saturated carbocycles. The van der Waals surface area contributed by atoms with Crippen molar-refractivity contribution in [2.24, 2.45) is 0 Å². The highest BCUT2D eigenvalue weighted by Gasteiger charge is 2.30. The molecule has 0 unspecified atom stereocenters. The van der Waals surface area contributed by atoms with Crippen LogP contribution in [0.25, 0.3) is 10.9 Å². The molecule has 2 aromatic carbocycles. The van der Waals surface area contributed by atoms with Crippen molar-refractivity contribution in [2.45, 2.75) is 25.1 Å². The van der Waals surface area contributed by atoms with Gasteiger partial charge >= 0.3 is 6.18 Å². The van der Waals surface area contributed by atoms with Crippen molar-refractivity contribution in [2.75, 3.05) is 18.0 Å². The van der Waals surface area contributed by atoms with Crippen molar-refractivity contribution >= 4 is 16.7 Å². The highest BCUT2D eigenvalue weighted by molar-refractivity contribution is 5.86. The van der Waals surface area contributed by atoms with Crippen LogP contribution >= 0.6 is 0 Å². The molecule has 0 N–H and O–H groups in total. The summed E-state index contributed by atoms with van der Waals surface area (Å²) in [6, 6.07) is 13.6. The second-order valence-electron chi connectivity index (χ2n) is 6.82. The van der Waals surface area contributed by atoms with E-state index in [9.17, 15) is 18.3 Å². The molecule has 0 amide bonds. The predicted octanol–water partition coefficient (Wildman–Crippen LogP) is 5.45. The minimum absolute atomic E-state index is 0.0521. The van der Waals surface area contributed by atoms with Crippen LogP contribution in [0, 0.1) is 0 Å². The number of fused-ring (bicyclic) bond motifs is 1. The van der Waals surface area contributed by atoms with Crippen molar-refractivity contribution in [1.29, 1.82) is 0 Å². The number of aromatic nitrogens is 1. The van der Waals surface area contributed by atoms with E-state index < -0.39 is 11.7 Å². The van der Waals surface area contributed by atoms with E-state index in [1.807, 2.05) is 23.1 Å². The largest absolute Gasteiger partial charge is 0.490 e. The minimum Gasteiger partial charge on any atom is -0.490 e. The lowest BCUT2D eigenvalue weighted by molar-refractivity contribution is -0.137. The fourth-order valence-corrected chi connectivity index (χ4v) is 3.41. The smallest absolute Gasteiger partial charge is 0.416 e. The first-order valence-electron chi connectivity index (χ1n) is 9.06. The summed E-state index contributed by atoms with van der Waals surface area (Å²) in [5.74, 6) is 1.03. The molecule has 7 heteroatoms. The fraction of sp³-hybridized carbons (Fsp3) is 0.286. The molecule has 28 heavy (non-hydrogen) atoms. The van der Waals surface area contributed by atoms with Crippen LogP contribution in [0.2, 0.25) is 0 Å². The van der Waals surface area contributed by atoms with Crippen molar-refractivity contribution in [3.63, 3.8) is 0 Å². The maximum atomic E-state index is 12.6. The predicted molar refractivity (Wildman–Crippen MR) is 99.2 cm³/mol. The number of alkyl halides is 3. The van der Waals surface area contributed by atoms with E-state index in [0.29, 0.717) is 48.4 Å². The van der Waals surface area contributed by atoms with Crippen LogP contribution in [0.3, 0.4) is 0 Å². The van der Waals surface area contributed by atoms with Gasteiger partial charge < -0.3 is 9.64 Å². The third-order valence-electron chi connectivity index (χ3n) is 4.92. The first-order chi connectivity index (χ1) is 13.4. The van der Waals surface area contributed by atoms with E-state index in [1.54, 1.807) is 12.1 Å². The van der Waals surface area contributed by atoms with Gasteiger partial charge in [0.15, 0.2) is 5.75 Å². The van der Waals surface area contributed by atoms with Gasteiger partial charge in [0.1, 0.15) is 17.7 Å². The number of hydrogen-bond acceptors (Lipinski definition) is 3. The van der Waals surface area contributed by atoms with Gasteiger partial charge in [0.2, 0.25) is 0 Å². The van der Waals surface area contributed by atoms with Crippen molar-refractivity contribution in [1.82, 2.24) is 4.98 Å². The second kappa shape index (κ2) is 7.22. The van der Waals surface area contributed by atoms with Crippen LogP contribution in [-0.4, -0.2) is 24.2 Å². The third kappa shape index (κ3) is 3.83. The zero-order valence-electron chi connectivity index (χ0n) is 14.9. The minimum atomic E-state index is -4.35. The Bertz CT molecular complexity index is 966. The van der Waals surface area contributed by atoms with Crippen molar-refractivity contribution in [3.05, 3.63) is 60.2 Å². The number of benzene rings is 2. The van der Waals surface area contributed by atoms with Gasteiger partial charge in [-0.15, -0.1) is 0 Å². The number of halogens is 3. The Labute approximate surface area is 160 Å². The van der Waals surface area contributed by atoms with Gasteiger partial charge in [0, 0.05) is 37.4 Å². The summed E-state index contributed by atoms with van der Waals surface area (Å²) >= 11 is 0. The van der Waals surface area contributed by atoms with Crippen LogP contribution in [0.15, 0.2) is 54.6 Å². The van der Waals surface area contributed by atoms with Crippen LogP contribution in [0.5, 0.6) is 11.5 Å². The first kappa shape index (κ1) is 18.4. The number of rotatable bonds is 3. The van der Waals surface area contributed by atoms with Crippen molar-refractivity contribution < 1.29 is 23.0 Å². The lowest BCUT2D eigenvalue weighted by atomic mass is 10.1. The summed E-state index contributed by atoms with van der Waals surface area (Å²) in [7, 11) is 0. The van der Waals surface area contributed by atoms with E-state index in [1.165, 1.54) is 12.1 Å². The Hall–Kier alpha value is -2.96. The average Bonchev–Trinajstić information content (AvgIpc) is 2.68. The molecule has 1 aliphatic heterocycles. The molecule has 2 heterocycles. The zero-order valence-corrected chi connectivity index (χ0v) is 14.9. The Kier molecular flexibility index (Phi) is 4.75. The van der Waals surface area contributed by atoms with E-state index >= 15 is 0 Å². The van der Waals surface area contributed by atoms with Gasteiger partial charge in [0.25, 0.3) is 0 Å². The van der Waals surface area contributed by atoms with E-state index in [4.69, 9.17) is 4.74 Å². The number of pyridine rings is 1. The maximum Gasteiger partial charge on any atom is 0.416 e. The number of ether oxygens (including phenoxy) is 1. The molecule has 0 bridgehead atoms. The summed E-state index contributed by atoms with van der Waals surface area (Å²) in [5.41, 5.74) is -0.0152. The number of hydrogen-bond donors (Lipinski definition) is 0. The van der Waals surface area contributed by atoms with E-state index in [0.717, 1.165) is 12.1 Å². The summed E-state index contributed by atoms with van der Waals surface area (Å²) in [4.78, 5) is 6.62. The normalized spacial score (nSPS) is 15.8. The molecule has 4 nitrogen and oxygen atoms in total. The van der Waals surface area contributed by atoms with Crippen LogP contribution in [0.1, 0.15) is 18.4 Å².